The average Bonchev–Trinajstić information content (AvgIpc) is 3.90. The maximum absolute atomic E-state index is 13.2. The normalized spacial score (nSPS) is 14.9. The highest BCUT2D eigenvalue weighted by Gasteiger charge is 2.34. The summed E-state index contributed by atoms with van der Waals surface area (Å²) in [4.78, 5) is 65.8. The third-order valence-corrected chi connectivity index (χ3v) is 8.91. The van der Waals surface area contributed by atoms with Crippen molar-refractivity contribution in [1.29, 1.82) is 0 Å². The molecule has 0 saturated carbocycles. The fourth-order valence-electron chi connectivity index (χ4n) is 6.33. The van der Waals surface area contributed by atoms with E-state index in [1.165, 1.54) is 17.9 Å². The van der Waals surface area contributed by atoms with Crippen molar-refractivity contribution in [1.82, 2.24) is 24.0 Å². The molecule has 2 aliphatic rings. The summed E-state index contributed by atoms with van der Waals surface area (Å²) in [7, 11) is 4.85. The van der Waals surface area contributed by atoms with Crippen LogP contribution in [0, 0.1) is 0 Å². The molecule has 15 nitrogen and oxygen atoms in total. The van der Waals surface area contributed by atoms with E-state index in [9.17, 15) is 19.2 Å². The molecule has 0 bridgehead atoms. The van der Waals surface area contributed by atoms with E-state index in [0.29, 0.717) is 59.2 Å². The molecule has 7 rings (SSSR count). The molecule has 4 amide bonds. The van der Waals surface area contributed by atoms with Crippen molar-refractivity contribution in [2.45, 2.75) is 25.3 Å². The lowest BCUT2D eigenvalue weighted by Crippen LogP contribution is -2.35. The second-order valence-corrected chi connectivity index (χ2v) is 12.7. The molecule has 0 spiro atoms. The van der Waals surface area contributed by atoms with Gasteiger partial charge in [-0.3, -0.25) is 24.2 Å². The molecule has 1 atom stereocenters. The van der Waals surface area contributed by atoms with Crippen LogP contribution < -0.4 is 25.4 Å². The summed E-state index contributed by atoms with van der Waals surface area (Å²) >= 11 is 0. The number of ether oxygens (including phenoxy) is 2. The Bertz CT molecular complexity index is 2280. The quantitative estimate of drug-likeness (QED) is 0.110. The molecule has 266 valence electrons. The first-order valence-electron chi connectivity index (χ1n) is 16.6. The summed E-state index contributed by atoms with van der Waals surface area (Å²) in [5.74, 6) is -0.208. The Labute approximate surface area is 298 Å². The zero-order chi connectivity index (χ0) is 36.5. The van der Waals surface area contributed by atoms with Crippen LogP contribution in [0.4, 0.5) is 22.9 Å². The van der Waals surface area contributed by atoms with Crippen molar-refractivity contribution < 1.29 is 28.7 Å². The summed E-state index contributed by atoms with van der Waals surface area (Å²) < 4.78 is 14.6. The van der Waals surface area contributed by atoms with Crippen molar-refractivity contribution in [2.75, 3.05) is 36.2 Å². The van der Waals surface area contributed by atoms with E-state index in [1.54, 1.807) is 54.2 Å². The van der Waals surface area contributed by atoms with Crippen LogP contribution in [0.15, 0.2) is 78.2 Å². The smallest absolute Gasteiger partial charge is 0.291 e. The molecule has 0 unspecified atom stereocenters. The van der Waals surface area contributed by atoms with Crippen LogP contribution in [0.5, 0.6) is 11.5 Å². The number of aromatic amines is 1. The number of aromatic nitrogens is 4. The standard InChI is InChI=1S/C37H37N9O6/c1-21-12-25-17-39-28-16-31(30(51-4)15-26(28)37(50)46(25)18-21)52-11-5-6-33(47)42-32-20-45(3)34(43-32)36(49)41-24-14-29(44(2)19-24)35(48)40-23-7-8-27-22(13-23)9-10-38-27/h7-10,13-17,19-20,25,38H,1,5-6,11-12,18H2,2-4H3,(H,40,48)(H,41,49)(H,42,47)/t25-/m0/s1. The maximum Gasteiger partial charge on any atom is 0.291 e. The maximum atomic E-state index is 13.2. The number of imidazole rings is 1. The number of anilines is 3. The molecule has 3 aromatic heterocycles. The SMILES string of the molecule is C=C1C[C@H]2C=Nc3cc(OCCCC(=O)Nc4cn(C)c(C(=O)Nc5cc(C(=O)Nc6ccc7[nH]ccc7c6)n(C)c5)n4)c(OC)cc3C(=O)N2C1. The monoisotopic (exact) mass is 703 g/mol. The minimum Gasteiger partial charge on any atom is -0.493 e. The largest absolute Gasteiger partial charge is 0.493 e. The number of hydrogen-bond acceptors (Lipinski definition) is 8. The molecule has 2 aromatic carbocycles. The van der Waals surface area contributed by atoms with Crippen molar-refractivity contribution >= 4 is 63.6 Å². The molecule has 52 heavy (non-hydrogen) atoms. The van der Waals surface area contributed by atoms with Crippen molar-refractivity contribution in [3.8, 4) is 11.5 Å². The van der Waals surface area contributed by atoms with Crippen LogP contribution in [0.25, 0.3) is 10.9 Å². The zero-order valence-electron chi connectivity index (χ0n) is 28.9. The topological polar surface area (TPSA) is 177 Å². The van der Waals surface area contributed by atoms with Gasteiger partial charge in [0.25, 0.3) is 17.7 Å². The number of nitrogens with one attached hydrogen (secondary N) is 4. The van der Waals surface area contributed by atoms with Crippen molar-refractivity contribution in [3.05, 3.63) is 90.3 Å². The summed E-state index contributed by atoms with van der Waals surface area (Å²) in [6.45, 7) is 4.70. The van der Waals surface area contributed by atoms with Gasteiger partial charge in [-0.2, -0.15) is 0 Å². The number of nitrogens with zero attached hydrogens (tertiary/aromatic N) is 5. The third kappa shape index (κ3) is 6.88. The second-order valence-electron chi connectivity index (χ2n) is 12.7. The van der Waals surface area contributed by atoms with E-state index in [1.807, 2.05) is 30.5 Å². The van der Waals surface area contributed by atoms with Gasteiger partial charge in [-0.15, -0.1) is 0 Å². The predicted molar refractivity (Wildman–Crippen MR) is 196 cm³/mol. The number of carbonyl (C=O) groups is 4. The molecule has 0 radical (unpaired) electrons. The number of hydrogen-bond donors (Lipinski definition) is 4. The Morgan fingerprint density at radius 3 is 2.63 bits per heavy atom. The summed E-state index contributed by atoms with van der Waals surface area (Å²) in [6, 6.07) is 12.2. The van der Waals surface area contributed by atoms with Gasteiger partial charge in [0.15, 0.2) is 17.3 Å². The average molecular weight is 704 g/mol. The number of rotatable bonds is 11. The number of carbonyl (C=O) groups excluding carboxylic acids is 4. The molecular weight excluding hydrogens is 666 g/mol. The van der Waals surface area contributed by atoms with Gasteiger partial charge in [-0.1, -0.05) is 12.2 Å². The summed E-state index contributed by atoms with van der Waals surface area (Å²) in [6.07, 6.45) is 7.94. The Hall–Kier alpha value is -6.64. The highest BCUT2D eigenvalue weighted by Crippen LogP contribution is 2.38. The van der Waals surface area contributed by atoms with E-state index < -0.39 is 5.91 Å². The van der Waals surface area contributed by atoms with Gasteiger partial charge in [0.05, 0.1) is 36.7 Å². The van der Waals surface area contributed by atoms with Gasteiger partial charge in [-0.25, -0.2) is 4.98 Å². The van der Waals surface area contributed by atoms with Crippen molar-refractivity contribution in [2.24, 2.45) is 19.1 Å². The molecule has 1 fully saturated rings. The molecule has 5 heterocycles. The first-order chi connectivity index (χ1) is 25.1. The van der Waals surface area contributed by atoms with Crippen LogP contribution in [-0.2, 0) is 18.9 Å². The van der Waals surface area contributed by atoms with Gasteiger partial charge < -0.3 is 44.4 Å². The van der Waals surface area contributed by atoms with Crippen LogP contribution in [0.1, 0.15) is 50.7 Å². The molecule has 1 saturated heterocycles. The van der Waals surface area contributed by atoms with E-state index in [-0.39, 0.29) is 48.4 Å². The lowest BCUT2D eigenvalue weighted by atomic mass is 10.1. The molecular formula is C37H37N9O6. The molecule has 15 heteroatoms. The third-order valence-electron chi connectivity index (χ3n) is 8.91. The Morgan fingerprint density at radius 2 is 1.81 bits per heavy atom. The first kappa shape index (κ1) is 33.8. The summed E-state index contributed by atoms with van der Waals surface area (Å²) in [5.41, 5.74) is 4.27. The number of H-pyrrole nitrogens is 1. The molecule has 5 aromatic rings. The number of aliphatic imine (C=N–C) groups is 1. The Morgan fingerprint density at radius 1 is 0.981 bits per heavy atom. The molecule has 0 aliphatic carbocycles. The van der Waals surface area contributed by atoms with Gasteiger partial charge in [0.2, 0.25) is 11.7 Å². The van der Waals surface area contributed by atoms with Crippen molar-refractivity contribution in [3.63, 3.8) is 0 Å². The van der Waals surface area contributed by atoms with Gasteiger partial charge in [0.1, 0.15) is 5.69 Å². The Balaban J connectivity index is 0.910. The van der Waals surface area contributed by atoms with E-state index in [4.69, 9.17) is 9.47 Å². The number of fused-ring (bicyclic) bond motifs is 3. The van der Waals surface area contributed by atoms with Crippen LogP contribution in [0.3, 0.4) is 0 Å². The molecule has 2 aliphatic heterocycles. The zero-order valence-corrected chi connectivity index (χ0v) is 28.9. The number of methoxy groups -OCH3 is 1. The van der Waals surface area contributed by atoms with E-state index >= 15 is 0 Å². The second kappa shape index (κ2) is 13.9. The van der Waals surface area contributed by atoms with Crippen LogP contribution in [-0.4, -0.2) is 80.1 Å². The number of aryl methyl sites for hydroxylation is 2. The molecule has 4 N–H and O–H groups in total. The van der Waals surface area contributed by atoms with E-state index in [2.05, 4.69) is 37.5 Å². The summed E-state index contributed by atoms with van der Waals surface area (Å²) in [5, 5.41) is 9.35. The fourth-order valence-corrected chi connectivity index (χ4v) is 6.33. The minimum absolute atomic E-state index is 0.0649. The Kier molecular flexibility index (Phi) is 9.07. The predicted octanol–water partition coefficient (Wildman–Crippen LogP) is 5.04. The van der Waals surface area contributed by atoms with E-state index in [0.717, 1.165) is 16.5 Å². The lowest BCUT2D eigenvalue weighted by molar-refractivity contribution is -0.116. The first-order valence-corrected chi connectivity index (χ1v) is 16.6. The fraction of sp³-hybridized carbons (Fsp3) is 0.243. The number of amides is 4. The number of benzene rings is 2. The minimum atomic E-state index is -0.515. The van der Waals surface area contributed by atoms with Crippen LogP contribution in [0.2, 0.25) is 0 Å². The van der Waals surface area contributed by atoms with Gasteiger partial charge >= 0.3 is 0 Å². The highest BCUT2D eigenvalue weighted by atomic mass is 16.5. The van der Waals surface area contributed by atoms with Gasteiger partial charge in [-0.05, 0) is 49.2 Å². The lowest BCUT2D eigenvalue weighted by Gasteiger charge is -2.20. The van der Waals surface area contributed by atoms with Gasteiger partial charge in [0, 0.05) is 74.5 Å². The highest BCUT2D eigenvalue weighted by molar-refractivity contribution is 6.07. The van der Waals surface area contributed by atoms with Crippen LogP contribution >= 0.6 is 0 Å².